The van der Waals surface area contributed by atoms with E-state index in [1.165, 1.54) is 0 Å². The van der Waals surface area contributed by atoms with Crippen LogP contribution in [-0.4, -0.2) is 25.2 Å². The van der Waals surface area contributed by atoms with Gasteiger partial charge in [0.15, 0.2) is 0 Å². The van der Waals surface area contributed by atoms with Crippen LogP contribution in [0, 0.1) is 11.8 Å². The van der Waals surface area contributed by atoms with Gasteiger partial charge >= 0.3 is 11.9 Å². The highest BCUT2D eigenvalue weighted by Crippen LogP contribution is 2.13. The van der Waals surface area contributed by atoms with Crippen molar-refractivity contribution in [3.63, 3.8) is 0 Å². The van der Waals surface area contributed by atoms with E-state index >= 15 is 0 Å². The minimum atomic E-state index is -0.483. The summed E-state index contributed by atoms with van der Waals surface area (Å²) in [5.41, 5.74) is 0.526. The number of hydrogen-bond acceptors (Lipinski definition) is 4. The summed E-state index contributed by atoms with van der Waals surface area (Å²) in [4.78, 5) is 24.2. The van der Waals surface area contributed by atoms with Crippen molar-refractivity contribution in [3.05, 3.63) is 35.4 Å². The van der Waals surface area contributed by atoms with Gasteiger partial charge in [-0.05, 0) is 36.8 Å². The third-order valence-corrected chi connectivity index (χ3v) is 3.07. The van der Waals surface area contributed by atoms with Crippen LogP contribution in [0.4, 0.5) is 0 Å². The standard InChI is InChI=1S/C18H26O4/c1-13(2)8-7-11-21-17(19)15-9-5-6-10-16(15)18(20)22-12-14(3)4/h5-6,9-10,13-14H,7-8,11-12H2,1-4H3. The molecule has 0 aliphatic carbocycles. The monoisotopic (exact) mass is 306 g/mol. The van der Waals surface area contributed by atoms with E-state index in [4.69, 9.17) is 9.47 Å². The van der Waals surface area contributed by atoms with Crippen LogP contribution in [0.15, 0.2) is 24.3 Å². The predicted octanol–water partition coefficient (Wildman–Crippen LogP) is 4.09. The maximum Gasteiger partial charge on any atom is 0.339 e. The second-order valence-electron chi connectivity index (χ2n) is 6.21. The minimum Gasteiger partial charge on any atom is -0.462 e. The Hall–Kier alpha value is -1.84. The Kier molecular flexibility index (Phi) is 7.64. The summed E-state index contributed by atoms with van der Waals surface area (Å²) in [5.74, 6) is -0.125. The molecular formula is C18H26O4. The topological polar surface area (TPSA) is 52.6 Å². The zero-order chi connectivity index (χ0) is 16.5. The minimum absolute atomic E-state index is 0.249. The van der Waals surface area contributed by atoms with Crippen molar-refractivity contribution in [3.8, 4) is 0 Å². The molecule has 0 fully saturated rings. The zero-order valence-electron chi connectivity index (χ0n) is 13.9. The van der Waals surface area contributed by atoms with E-state index in [2.05, 4.69) is 13.8 Å². The van der Waals surface area contributed by atoms with Gasteiger partial charge < -0.3 is 9.47 Å². The second kappa shape index (κ2) is 9.23. The number of benzene rings is 1. The molecule has 0 aromatic heterocycles. The summed E-state index contributed by atoms with van der Waals surface area (Å²) < 4.78 is 10.4. The number of hydrogen-bond donors (Lipinski definition) is 0. The lowest BCUT2D eigenvalue weighted by Gasteiger charge is -2.11. The Labute approximate surface area is 132 Å². The summed E-state index contributed by atoms with van der Waals surface area (Å²) in [7, 11) is 0. The molecule has 0 aliphatic heterocycles. The van der Waals surface area contributed by atoms with Gasteiger partial charge in [-0.1, -0.05) is 39.8 Å². The molecule has 0 heterocycles. The lowest BCUT2D eigenvalue weighted by atomic mass is 10.1. The summed E-state index contributed by atoms with van der Waals surface area (Å²) in [6.07, 6.45) is 1.83. The van der Waals surface area contributed by atoms with Gasteiger partial charge in [-0.15, -0.1) is 0 Å². The summed E-state index contributed by atoms with van der Waals surface area (Å²) in [6, 6.07) is 6.61. The van der Waals surface area contributed by atoms with Crippen molar-refractivity contribution >= 4 is 11.9 Å². The summed E-state index contributed by atoms with van der Waals surface area (Å²) >= 11 is 0. The summed E-state index contributed by atoms with van der Waals surface area (Å²) in [6.45, 7) is 8.87. The first-order valence-electron chi connectivity index (χ1n) is 7.85. The van der Waals surface area contributed by atoms with Gasteiger partial charge in [-0.3, -0.25) is 0 Å². The maximum absolute atomic E-state index is 12.1. The fraction of sp³-hybridized carbons (Fsp3) is 0.556. The van der Waals surface area contributed by atoms with Crippen LogP contribution in [-0.2, 0) is 9.47 Å². The Morgan fingerprint density at radius 2 is 1.45 bits per heavy atom. The molecule has 1 rings (SSSR count). The third kappa shape index (κ3) is 6.29. The van der Waals surface area contributed by atoms with Crippen molar-refractivity contribution in [2.24, 2.45) is 11.8 Å². The average molecular weight is 306 g/mol. The first kappa shape index (κ1) is 18.2. The van der Waals surface area contributed by atoms with Gasteiger partial charge in [0.05, 0.1) is 24.3 Å². The van der Waals surface area contributed by atoms with Crippen LogP contribution in [0.2, 0.25) is 0 Å². The molecule has 0 aliphatic rings. The maximum atomic E-state index is 12.1. The van der Waals surface area contributed by atoms with E-state index in [9.17, 15) is 9.59 Å². The van der Waals surface area contributed by atoms with Crippen LogP contribution in [0.25, 0.3) is 0 Å². The van der Waals surface area contributed by atoms with Crippen LogP contribution in [0.1, 0.15) is 61.3 Å². The van der Waals surface area contributed by atoms with E-state index in [-0.39, 0.29) is 17.0 Å². The highest BCUT2D eigenvalue weighted by molar-refractivity contribution is 6.03. The van der Waals surface area contributed by atoms with Gasteiger partial charge in [0.2, 0.25) is 0 Å². The van der Waals surface area contributed by atoms with E-state index in [0.717, 1.165) is 12.8 Å². The van der Waals surface area contributed by atoms with Gasteiger partial charge in [-0.25, -0.2) is 9.59 Å². The fourth-order valence-electron chi connectivity index (χ4n) is 1.89. The lowest BCUT2D eigenvalue weighted by Crippen LogP contribution is -2.16. The Morgan fingerprint density at radius 3 is 1.95 bits per heavy atom. The van der Waals surface area contributed by atoms with Gasteiger partial charge in [0.25, 0.3) is 0 Å². The average Bonchev–Trinajstić information content (AvgIpc) is 2.48. The number of carbonyl (C=O) groups is 2. The Bertz CT molecular complexity index is 492. The van der Waals surface area contributed by atoms with E-state index < -0.39 is 11.9 Å². The van der Waals surface area contributed by atoms with Crippen molar-refractivity contribution < 1.29 is 19.1 Å². The van der Waals surface area contributed by atoms with Crippen molar-refractivity contribution in [1.82, 2.24) is 0 Å². The van der Waals surface area contributed by atoms with Crippen LogP contribution in [0.5, 0.6) is 0 Å². The van der Waals surface area contributed by atoms with Crippen LogP contribution < -0.4 is 0 Å². The first-order valence-corrected chi connectivity index (χ1v) is 7.85. The van der Waals surface area contributed by atoms with Crippen molar-refractivity contribution in [1.29, 1.82) is 0 Å². The molecule has 122 valence electrons. The third-order valence-electron chi connectivity index (χ3n) is 3.07. The second-order valence-corrected chi connectivity index (χ2v) is 6.21. The van der Waals surface area contributed by atoms with E-state index in [1.807, 2.05) is 13.8 Å². The number of ether oxygens (including phenoxy) is 2. The number of esters is 2. The van der Waals surface area contributed by atoms with Crippen molar-refractivity contribution in [2.45, 2.75) is 40.5 Å². The van der Waals surface area contributed by atoms with Gasteiger partial charge in [0.1, 0.15) is 0 Å². The van der Waals surface area contributed by atoms with Gasteiger partial charge in [0, 0.05) is 0 Å². The fourth-order valence-corrected chi connectivity index (χ4v) is 1.89. The molecule has 0 amide bonds. The van der Waals surface area contributed by atoms with E-state index in [1.54, 1.807) is 24.3 Å². The normalized spacial score (nSPS) is 10.8. The molecule has 0 unspecified atom stereocenters. The quantitative estimate of drug-likeness (QED) is 0.536. The molecule has 4 heteroatoms. The first-order chi connectivity index (χ1) is 10.4. The van der Waals surface area contributed by atoms with Crippen LogP contribution >= 0.6 is 0 Å². The Morgan fingerprint density at radius 1 is 0.909 bits per heavy atom. The van der Waals surface area contributed by atoms with Crippen molar-refractivity contribution in [2.75, 3.05) is 13.2 Å². The SMILES string of the molecule is CC(C)CCCOC(=O)c1ccccc1C(=O)OCC(C)C. The molecule has 0 N–H and O–H groups in total. The molecule has 0 radical (unpaired) electrons. The molecular weight excluding hydrogens is 280 g/mol. The zero-order valence-corrected chi connectivity index (χ0v) is 13.9. The smallest absolute Gasteiger partial charge is 0.339 e. The van der Waals surface area contributed by atoms with Gasteiger partial charge in [-0.2, -0.15) is 0 Å². The molecule has 22 heavy (non-hydrogen) atoms. The largest absolute Gasteiger partial charge is 0.462 e. The molecule has 0 spiro atoms. The highest BCUT2D eigenvalue weighted by atomic mass is 16.5. The Balaban J connectivity index is 2.66. The lowest BCUT2D eigenvalue weighted by molar-refractivity contribution is 0.0427. The summed E-state index contributed by atoms with van der Waals surface area (Å²) in [5, 5.41) is 0. The molecule has 0 atom stereocenters. The highest BCUT2D eigenvalue weighted by Gasteiger charge is 2.19. The molecule has 1 aromatic rings. The van der Waals surface area contributed by atoms with E-state index in [0.29, 0.717) is 19.1 Å². The predicted molar refractivity (Wildman–Crippen MR) is 85.9 cm³/mol. The number of rotatable bonds is 8. The number of carbonyl (C=O) groups excluding carboxylic acids is 2. The molecule has 1 aromatic carbocycles. The molecule has 0 bridgehead atoms. The molecule has 0 saturated heterocycles. The molecule has 4 nitrogen and oxygen atoms in total. The van der Waals surface area contributed by atoms with Crippen LogP contribution in [0.3, 0.4) is 0 Å². The molecule has 0 saturated carbocycles.